The highest BCUT2D eigenvalue weighted by molar-refractivity contribution is 6.29. The fraction of sp³-hybridized carbons (Fsp3) is 0.462. The van der Waals surface area contributed by atoms with Crippen LogP contribution in [-0.2, 0) is 0 Å². The molecule has 5 nitrogen and oxygen atoms in total. The van der Waals surface area contributed by atoms with Crippen molar-refractivity contribution in [1.82, 2.24) is 19.9 Å². The number of carbonyl (C=O) groups excluding carboxylic acids is 1. The van der Waals surface area contributed by atoms with Crippen molar-refractivity contribution >= 4 is 23.2 Å². The number of aromatic nitrogens is 3. The number of rotatable bonds is 3. The number of fused-ring (bicyclic) bond motifs is 1. The molecular formula is C13H15ClN4O. The minimum Gasteiger partial charge on any atom is -0.349 e. The quantitative estimate of drug-likeness (QED) is 0.876. The average Bonchev–Trinajstić information content (AvgIpc) is 3.09. The predicted molar refractivity (Wildman–Crippen MR) is 72.4 cm³/mol. The van der Waals surface area contributed by atoms with E-state index in [1.807, 2.05) is 13.8 Å². The molecule has 1 fully saturated rings. The molecule has 100 valence electrons. The molecule has 1 aliphatic carbocycles. The SMILES string of the molecule is Cc1cc(Cl)nc2c(C(=O)N[C@H](C)C3CC3)cnn12. The van der Waals surface area contributed by atoms with Crippen LogP contribution < -0.4 is 5.32 Å². The number of aryl methyl sites for hydroxylation is 1. The van der Waals surface area contributed by atoms with Gasteiger partial charge in [-0.15, -0.1) is 0 Å². The molecule has 1 atom stereocenters. The van der Waals surface area contributed by atoms with Crippen LogP contribution in [0.5, 0.6) is 0 Å². The maximum Gasteiger partial charge on any atom is 0.256 e. The van der Waals surface area contributed by atoms with Crippen molar-refractivity contribution in [2.24, 2.45) is 5.92 Å². The van der Waals surface area contributed by atoms with Crippen molar-refractivity contribution in [3.63, 3.8) is 0 Å². The van der Waals surface area contributed by atoms with Crippen molar-refractivity contribution in [1.29, 1.82) is 0 Å². The number of nitrogens with zero attached hydrogens (tertiary/aromatic N) is 3. The zero-order chi connectivity index (χ0) is 13.6. The van der Waals surface area contributed by atoms with Crippen LogP contribution in [0.1, 0.15) is 35.8 Å². The van der Waals surface area contributed by atoms with Crippen molar-refractivity contribution in [2.45, 2.75) is 32.7 Å². The number of carbonyl (C=O) groups is 1. The van der Waals surface area contributed by atoms with Gasteiger partial charge in [0.1, 0.15) is 10.7 Å². The summed E-state index contributed by atoms with van der Waals surface area (Å²) >= 11 is 5.94. The van der Waals surface area contributed by atoms with Gasteiger partial charge in [0.15, 0.2) is 5.65 Å². The third kappa shape index (κ3) is 2.30. The second-order valence-corrected chi connectivity index (χ2v) is 5.50. The summed E-state index contributed by atoms with van der Waals surface area (Å²) in [6, 6.07) is 1.92. The molecule has 0 saturated heterocycles. The number of amides is 1. The van der Waals surface area contributed by atoms with E-state index >= 15 is 0 Å². The van der Waals surface area contributed by atoms with E-state index in [1.165, 1.54) is 12.8 Å². The van der Waals surface area contributed by atoms with Gasteiger partial charge in [-0.1, -0.05) is 11.6 Å². The molecule has 3 rings (SSSR count). The molecule has 0 bridgehead atoms. The average molecular weight is 279 g/mol. The molecule has 1 N–H and O–H groups in total. The van der Waals surface area contributed by atoms with Crippen molar-refractivity contribution in [3.05, 3.63) is 28.7 Å². The van der Waals surface area contributed by atoms with E-state index < -0.39 is 0 Å². The molecule has 1 saturated carbocycles. The summed E-state index contributed by atoms with van der Waals surface area (Å²) in [4.78, 5) is 16.4. The fourth-order valence-corrected chi connectivity index (χ4v) is 2.47. The molecule has 19 heavy (non-hydrogen) atoms. The first-order valence-corrected chi connectivity index (χ1v) is 6.76. The Morgan fingerprint density at radius 2 is 2.32 bits per heavy atom. The van der Waals surface area contributed by atoms with Gasteiger partial charge < -0.3 is 5.32 Å². The minimum absolute atomic E-state index is 0.136. The maximum atomic E-state index is 12.2. The van der Waals surface area contributed by atoms with Gasteiger partial charge in [-0.2, -0.15) is 5.10 Å². The largest absolute Gasteiger partial charge is 0.349 e. The first-order chi connectivity index (χ1) is 9.06. The van der Waals surface area contributed by atoms with Crippen LogP contribution in [0.25, 0.3) is 5.65 Å². The molecule has 0 radical (unpaired) electrons. The zero-order valence-corrected chi connectivity index (χ0v) is 11.6. The molecule has 2 aromatic heterocycles. The molecule has 0 aromatic carbocycles. The highest BCUT2D eigenvalue weighted by Gasteiger charge is 2.29. The van der Waals surface area contributed by atoms with E-state index in [-0.39, 0.29) is 11.9 Å². The van der Waals surface area contributed by atoms with E-state index in [0.717, 1.165) is 5.69 Å². The highest BCUT2D eigenvalue weighted by atomic mass is 35.5. The lowest BCUT2D eigenvalue weighted by molar-refractivity contribution is 0.0937. The van der Waals surface area contributed by atoms with Crippen LogP contribution in [0.15, 0.2) is 12.3 Å². The zero-order valence-electron chi connectivity index (χ0n) is 10.9. The summed E-state index contributed by atoms with van der Waals surface area (Å²) in [7, 11) is 0. The van der Waals surface area contributed by atoms with E-state index in [1.54, 1.807) is 16.8 Å². The Labute approximate surface area is 116 Å². The lowest BCUT2D eigenvalue weighted by atomic mass is 10.2. The molecule has 2 aromatic rings. The van der Waals surface area contributed by atoms with Gasteiger partial charge in [-0.05, 0) is 38.7 Å². The van der Waals surface area contributed by atoms with Crippen LogP contribution in [0, 0.1) is 12.8 Å². The Kier molecular flexibility index (Phi) is 2.93. The summed E-state index contributed by atoms with van der Waals surface area (Å²) < 4.78 is 1.63. The van der Waals surface area contributed by atoms with Gasteiger partial charge in [0.25, 0.3) is 5.91 Å². The predicted octanol–water partition coefficient (Wildman–Crippen LogP) is 2.22. The molecule has 6 heteroatoms. The van der Waals surface area contributed by atoms with Crippen LogP contribution in [0.3, 0.4) is 0 Å². The third-order valence-corrected chi connectivity index (χ3v) is 3.74. The van der Waals surface area contributed by atoms with Crippen LogP contribution in [0.2, 0.25) is 5.15 Å². The molecule has 0 spiro atoms. The summed E-state index contributed by atoms with van der Waals surface area (Å²) in [6.45, 7) is 3.91. The lowest BCUT2D eigenvalue weighted by Gasteiger charge is -2.11. The lowest BCUT2D eigenvalue weighted by Crippen LogP contribution is -2.34. The van der Waals surface area contributed by atoms with Crippen molar-refractivity contribution in [3.8, 4) is 0 Å². The number of halogens is 1. The number of hydrogen-bond donors (Lipinski definition) is 1. The van der Waals surface area contributed by atoms with Crippen LogP contribution in [-0.4, -0.2) is 26.5 Å². The van der Waals surface area contributed by atoms with E-state index in [2.05, 4.69) is 15.4 Å². The second-order valence-electron chi connectivity index (χ2n) is 5.11. The van der Waals surface area contributed by atoms with Crippen LogP contribution in [0.4, 0.5) is 0 Å². The monoisotopic (exact) mass is 278 g/mol. The molecule has 2 heterocycles. The minimum atomic E-state index is -0.136. The topological polar surface area (TPSA) is 59.3 Å². The van der Waals surface area contributed by atoms with E-state index in [9.17, 15) is 4.79 Å². The smallest absolute Gasteiger partial charge is 0.256 e. The number of hydrogen-bond acceptors (Lipinski definition) is 3. The normalized spacial score (nSPS) is 16.6. The molecule has 1 aliphatic rings. The van der Waals surface area contributed by atoms with Gasteiger partial charge in [0.05, 0.1) is 6.20 Å². The standard InChI is InChI=1S/C13H15ClN4O/c1-7-5-11(14)17-12-10(6-15-18(7)12)13(19)16-8(2)9-3-4-9/h5-6,8-9H,3-4H2,1-2H3,(H,16,19)/t8-/m1/s1. The Hall–Kier alpha value is -1.62. The summed E-state index contributed by atoms with van der Waals surface area (Å²) in [5.41, 5.74) is 1.83. The van der Waals surface area contributed by atoms with Gasteiger partial charge in [0, 0.05) is 11.7 Å². The maximum absolute atomic E-state index is 12.2. The van der Waals surface area contributed by atoms with Crippen molar-refractivity contribution < 1.29 is 4.79 Å². The first kappa shape index (κ1) is 12.4. The summed E-state index contributed by atoms with van der Waals surface area (Å²) in [5, 5.41) is 7.55. The summed E-state index contributed by atoms with van der Waals surface area (Å²) in [6.07, 6.45) is 3.93. The fourth-order valence-electron chi connectivity index (χ4n) is 2.23. The van der Waals surface area contributed by atoms with Crippen molar-refractivity contribution in [2.75, 3.05) is 0 Å². The van der Waals surface area contributed by atoms with Gasteiger partial charge in [-0.3, -0.25) is 4.79 Å². The van der Waals surface area contributed by atoms with E-state index in [0.29, 0.717) is 22.3 Å². The first-order valence-electron chi connectivity index (χ1n) is 6.38. The number of nitrogens with one attached hydrogen (secondary N) is 1. The second kappa shape index (κ2) is 4.49. The third-order valence-electron chi connectivity index (χ3n) is 3.55. The molecule has 0 unspecified atom stereocenters. The Bertz CT molecular complexity index is 647. The highest BCUT2D eigenvalue weighted by Crippen LogP contribution is 2.32. The Morgan fingerprint density at radius 3 is 3.00 bits per heavy atom. The Balaban J connectivity index is 1.93. The molecular weight excluding hydrogens is 264 g/mol. The van der Waals surface area contributed by atoms with Gasteiger partial charge >= 0.3 is 0 Å². The Morgan fingerprint density at radius 1 is 1.58 bits per heavy atom. The van der Waals surface area contributed by atoms with Crippen LogP contribution >= 0.6 is 11.6 Å². The molecule has 1 amide bonds. The van der Waals surface area contributed by atoms with Gasteiger partial charge in [0.2, 0.25) is 0 Å². The van der Waals surface area contributed by atoms with E-state index in [4.69, 9.17) is 11.6 Å². The molecule has 0 aliphatic heterocycles. The van der Waals surface area contributed by atoms with Gasteiger partial charge in [-0.25, -0.2) is 9.50 Å². The summed E-state index contributed by atoms with van der Waals surface area (Å²) in [5.74, 6) is 0.479.